The molecule has 1 aliphatic carbocycles. The number of rotatable bonds is 3. The zero-order chi connectivity index (χ0) is 14.8. The lowest BCUT2D eigenvalue weighted by Crippen LogP contribution is -2.23. The first kappa shape index (κ1) is 14.1. The average molecular weight is 293 g/mol. The lowest BCUT2D eigenvalue weighted by Gasteiger charge is -2.24. The van der Waals surface area contributed by atoms with Crippen LogP contribution in [-0.4, -0.2) is 10.1 Å². The van der Waals surface area contributed by atoms with Crippen molar-refractivity contribution in [2.75, 3.05) is 0 Å². The van der Waals surface area contributed by atoms with Gasteiger partial charge in [-0.1, -0.05) is 24.4 Å². The van der Waals surface area contributed by atoms with Crippen molar-refractivity contribution in [2.45, 2.75) is 38.1 Å². The van der Waals surface area contributed by atoms with Gasteiger partial charge >= 0.3 is 0 Å². The molecule has 0 aliphatic heterocycles. The monoisotopic (exact) mass is 293 g/mol. The van der Waals surface area contributed by atoms with Crippen LogP contribution < -0.4 is 5.73 Å². The Morgan fingerprint density at radius 3 is 2.62 bits per heavy atom. The van der Waals surface area contributed by atoms with E-state index < -0.39 is 11.6 Å². The van der Waals surface area contributed by atoms with Crippen molar-refractivity contribution in [3.63, 3.8) is 0 Å². The minimum atomic E-state index is -0.935. The van der Waals surface area contributed by atoms with Gasteiger partial charge in [-0.25, -0.2) is 8.78 Å². The second kappa shape index (κ2) is 5.89. The third-order valence-electron chi connectivity index (χ3n) is 4.06. The van der Waals surface area contributed by atoms with Crippen molar-refractivity contribution in [1.29, 1.82) is 0 Å². The molecule has 1 saturated carbocycles. The van der Waals surface area contributed by atoms with Crippen molar-refractivity contribution in [3.05, 3.63) is 35.7 Å². The molecule has 6 heteroatoms. The van der Waals surface area contributed by atoms with E-state index in [1.807, 2.05) is 0 Å². The topological polar surface area (TPSA) is 64.9 Å². The van der Waals surface area contributed by atoms with Crippen molar-refractivity contribution in [2.24, 2.45) is 11.7 Å². The van der Waals surface area contributed by atoms with Crippen LogP contribution in [0.25, 0.3) is 11.4 Å². The van der Waals surface area contributed by atoms with Crippen LogP contribution in [0.2, 0.25) is 0 Å². The summed E-state index contributed by atoms with van der Waals surface area (Å²) < 4.78 is 31.4. The molecular formula is C15H17F2N3O. The molecule has 4 nitrogen and oxygen atoms in total. The number of benzene rings is 1. The van der Waals surface area contributed by atoms with Crippen LogP contribution in [-0.2, 0) is 0 Å². The van der Waals surface area contributed by atoms with Crippen LogP contribution in [0.4, 0.5) is 8.78 Å². The molecule has 1 unspecified atom stereocenters. The van der Waals surface area contributed by atoms with E-state index in [0.29, 0.717) is 17.4 Å². The van der Waals surface area contributed by atoms with Gasteiger partial charge in [0, 0.05) is 5.56 Å². The van der Waals surface area contributed by atoms with E-state index >= 15 is 0 Å². The van der Waals surface area contributed by atoms with Crippen molar-refractivity contribution < 1.29 is 13.3 Å². The second-order valence-electron chi connectivity index (χ2n) is 5.51. The maximum absolute atomic E-state index is 13.2. The molecule has 1 atom stereocenters. The highest BCUT2D eigenvalue weighted by atomic mass is 19.2. The normalized spacial score (nSPS) is 17.9. The molecule has 0 spiro atoms. The van der Waals surface area contributed by atoms with Crippen LogP contribution in [0, 0.1) is 17.6 Å². The molecule has 0 bridgehead atoms. The summed E-state index contributed by atoms with van der Waals surface area (Å²) in [5.41, 5.74) is 6.56. The van der Waals surface area contributed by atoms with Gasteiger partial charge < -0.3 is 10.3 Å². The van der Waals surface area contributed by atoms with Gasteiger partial charge in [-0.2, -0.15) is 4.98 Å². The van der Waals surface area contributed by atoms with E-state index in [0.717, 1.165) is 25.0 Å². The lowest BCUT2D eigenvalue weighted by atomic mass is 9.84. The molecule has 0 radical (unpaired) electrons. The highest BCUT2D eigenvalue weighted by Crippen LogP contribution is 2.32. The summed E-state index contributed by atoms with van der Waals surface area (Å²) in [6, 6.07) is 3.22. The quantitative estimate of drug-likeness (QED) is 0.939. The summed E-state index contributed by atoms with van der Waals surface area (Å²) in [6.07, 6.45) is 5.70. The van der Waals surface area contributed by atoms with Crippen LogP contribution in [0.15, 0.2) is 22.7 Å². The molecule has 112 valence electrons. The summed E-state index contributed by atoms with van der Waals surface area (Å²) in [5, 5.41) is 3.82. The fourth-order valence-corrected chi connectivity index (χ4v) is 2.82. The Bertz CT molecular complexity index is 623. The molecule has 3 rings (SSSR count). The number of halogens is 2. The molecule has 1 aromatic heterocycles. The predicted molar refractivity (Wildman–Crippen MR) is 73.2 cm³/mol. The fourth-order valence-electron chi connectivity index (χ4n) is 2.82. The van der Waals surface area contributed by atoms with Crippen LogP contribution in [0.1, 0.15) is 44.0 Å². The van der Waals surface area contributed by atoms with Gasteiger partial charge in [-0.15, -0.1) is 0 Å². The molecule has 1 aliphatic rings. The Morgan fingerprint density at radius 2 is 1.90 bits per heavy atom. The van der Waals surface area contributed by atoms with Crippen molar-refractivity contribution in [3.8, 4) is 11.4 Å². The third kappa shape index (κ3) is 2.95. The van der Waals surface area contributed by atoms with Gasteiger partial charge in [0.05, 0.1) is 6.04 Å². The Morgan fingerprint density at radius 1 is 1.14 bits per heavy atom. The Labute approximate surface area is 121 Å². The second-order valence-corrected chi connectivity index (χ2v) is 5.51. The summed E-state index contributed by atoms with van der Waals surface area (Å²) in [5.74, 6) is -0.898. The minimum absolute atomic E-state index is 0.232. The van der Waals surface area contributed by atoms with E-state index in [9.17, 15) is 8.78 Å². The van der Waals surface area contributed by atoms with E-state index in [-0.39, 0.29) is 11.9 Å². The Hall–Kier alpha value is -1.82. The van der Waals surface area contributed by atoms with Gasteiger partial charge in [0.2, 0.25) is 11.7 Å². The number of aromatic nitrogens is 2. The van der Waals surface area contributed by atoms with Crippen LogP contribution in [0.5, 0.6) is 0 Å². The fraction of sp³-hybridized carbons (Fsp3) is 0.467. The SMILES string of the molecule is NC(c1nc(-c2ccc(F)c(F)c2)no1)C1CCCCC1. The first-order chi connectivity index (χ1) is 10.1. The minimum Gasteiger partial charge on any atom is -0.337 e. The smallest absolute Gasteiger partial charge is 0.244 e. The molecule has 2 N–H and O–H groups in total. The Kier molecular flexibility index (Phi) is 3.96. The largest absolute Gasteiger partial charge is 0.337 e. The number of hydrogen-bond donors (Lipinski definition) is 1. The first-order valence-electron chi connectivity index (χ1n) is 7.20. The molecule has 1 aromatic carbocycles. The summed E-state index contributed by atoms with van der Waals surface area (Å²) in [7, 11) is 0. The number of nitrogens with zero attached hydrogens (tertiary/aromatic N) is 2. The number of hydrogen-bond acceptors (Lipinski definition) is 4. The zero-order valence-electron chi connectivity index (χ0n) is 11.6. The third-order valence-corrected chi connectivity index (χ3v) is 4.06. The van der Waals surface area contributed by atoms with Gasteiger partial charge in [-0.3, -0.25) is 0 Å². The number of nitrogens with two attached hydrogens (primary N) is 1. The highest BCUT2D eigenvalue weighted by Gasteiger charge is 2.26. The van der Waals surface area contributed by atoms with Crippen molar-refractivity contribution >= 4 is 0 Å². The summed E-state index contributed by atoms with van der Waals surface area (Å²) >= 11 is 0. The molecule has 2 aromatic rings. The molecule has 21 heavy (non-hydrogen) atoms. The molecule has 1 fully saturated rings. The summed E-state index contributed by atoms with van der Waals surface area (Å²) in [4.78, 5) is 4.23. The maximum atomic E-state index is 13.2. The van der Waals surface area contributed by atoms with Gasteiger partial charge in [0.15, 0.2) is 11.6 Å². The van der Waals surface area contributed by atoms with E-state index in [1.54, 1.807) is 0 Å². The molecular weight excluding hydrogens is 276 g/mol. The molecule has 0 amide bonds. The van der Waals surface area contributed by atoms with Gasteiger partial charge in [-0.05, 0) is 37.0 Å². The maximum Gasteiger partial charge on any atom is 0.244 e. The van der Waals surface area contributed by atoms with Crippen LogP contribution >= 0.6 is 0 Å². The van der Waals surface area contributed by atoms with Gasteiger partial charge in [0.25, 0.3) is 0 Å². The van der Waals surface area contributed by atoms with E-state index in [4.69, 9.17) is 10.3 Å². The van der Waals surface area contributed by atoms with Crippen LogP contribution in [0.3, 0.4) is 0 Å². The Balaban J connectivity index is 1.80. The summed E-state index contributed by atoms with van der Waals surface area (Å²) in [6.45, 7) is 0. The van der Waals surface area contributed by atoms with E-state index in [1.165, 1.54) is 25.3 Å². The first-order valence-corrected chi connectivity index (χ1v) is 7.20. The average Bonchev–Trinajstić information content (AvgIpc) is 3.00. The van der Waals surface area contributed by atoms with Crippen molar-refractivity contribution in [1.82, 2.24) is 10.1 Å². The standard InChI is InChI=1S/C15H17F2N3O/c16-11-7-6-10(8-12(11)17)14-19-15(21-20-14)13(18)9-4-2-1-3-5-9/h6-9,13H,1-5,18H2. The highest BCUT2D eigenvalue weighted by molar-refractivity contribution is 5.54. The predicted octanol–water partition coefficient (Wildman–Crippen LogP) is 3.59. The lowest BCUT2D eigenvalue weighted by molar-refractivity contribution is 0.255. The molecule has 0 saturated heterocycles. The zero-order valence-corrected chi connectivity index (χ0v) is 11.6. The van der Waals surface area contributed by atoms with Gasteiger partial charge in [0.1, 0.15) is 0 Å². The van der Waals surface area contributed by atoms with E-state index in [2.05, 4.69) is 10.1 Å². The molecule has 1 heterocycles.